The molecule has 0 atom stereocenters. The minimum absolute atomic E-state index is 0.645. The first-order valence-electron chi connectivity index (χ1n) is 4.72. The third kappa shape index (κ3) is 2.44. The summed E-state index contributed by atoms with van der Waals surface area (Å²) in [7, 11) is 1.49. The van der Waals surface area contributed by atoms with Crippen molar-refractivity contribution < 1.29 is 9.25 Å². The molecule has 0 fully saturated rings. The van der Waals surface area contributed by atoms with Crippen molar-refractivity contribution >= 4 is 17.8 Å². The van der Waals surface area contributed by atoms with Gasteiger partial charge in [-0.1, -0.05) is 16.8 Å². The molecule has 0 amide bonds. The second-order valence-corrected chi connectivity index (χ2v) is 3.56. The van der Waals surface area contributed by atoms with Crippen LogP contribution in [0.1, 0.15) is 5.76 Å². The third-order valence-corrected chi connectivity index (χ3v) is 2.29. The van der Waals surface area contributed by atoms with E-state index in [-0.39, 0.29) is 0 Å². The highest BCUT2D eigenvalue weighted by Crippen LogP contribution is 2.23. The summed E-state index contributed by atoms with van der Waals surface area (Å²) in [6.45, 7) is 0. The maximum Gasteiger partial charge on any atom is 0.149 e. The highest BCUT2D eigenvalue weighted by Gasteiger charge is 2.02. The molecule has 1 aromatic heterocycles. The molecule has 0 aliphatic carbocycles. The monoisotopic (exact) mass is 235 g/mol. The summed E-state index contributed by atoms with van der Waals surface area (Å²) in [6, 6.07) is 11.1. The molecule has 2 aromatic rings. The van der Waals surface area contributed by atoms with Gasteiger partial charge in [-0.25, -0.2) is 0 Å². The Morgan fingerprint density at radius 1 is 1.19 bits per heavy atom. The molecule has 0 spiro atoms. The molecule has 3 nitrogen and oxygen atoms in total. The second-order valence-electron chi connectivity index (χ2n) is 3.13. The molecular weight excluding hydrogens is 226 g/mol. The first-order chi connectivity index (χ1) is 7.79. The minimum Gasteiger partial charge on any atom is -0.455 e. The zero-order valence-electron chi connectivity index (χ0n) is 8.68. The lowest BCUT2D eigenvalue weighted by molar-refractivity contribution is 0.215. The van der Waals surface area contributed by atoms with Gasteiger partial charge in [-0.05, 0) is 36.4 Å². The standard InChI is InChI=1S/C12H10ClNO2/c1-15-14-8-11-6-7-12(16-11)9-2-4-10(13)5-3-9/h2-8H,1H3/b14-8+. The predicted octanol–water partition coefficient (Wildman–Crippen LogP) is 3.58. The fraction of sp³-hybridized carbons (Fsp3) is 0.0833. The predicted molar refractivity (Wildman–Crippen MR) is 63.8 cm³/mol. The van der Waals surface area contributed by atoms with E-state index in [1.807, 2.05) is 36.4 Å². The van der Waals surface area contributed by atoms with E-state index in [2.05, 4.69) is 9.99 Å². The zero-order chi connectivity index (χ0) is 11.4. The lowest BCUT2D eigenvalue weighted by Gasteiger charge is -1.96. The Morgan fingerprint density at radius 2 is 1.94 bits per heavy atom. The summed E-state index contributed by atoms with van der Waals surface area (Å²) in [5, 5.41) is 4.33. The Kier molecular flexibility index (Phi) is 3.27. The van der Waals surface area contributed by atoms with Crippen LogP contribution in [-0.2, 0) is 4.84 Å². The Morgan fingerprint density at radius 3 is 2.62 bits per heavy atom. The van der Waals surface area contributed by atoms with Crippen LogP contribution in [0.4, 0.5) is 0 Å². The molecule has 2 rings (SSSR count). The number of benzene rings is 1. The van der Waals surface area contributed by atoms with Gasteiger partial charge in [0, 0.05) is 10.6 Å². The maximum absolute atomic E-state index is 5.80. The van der Waals surface area contributed by atoms with E-state index in [0.29, 0.717) is 10.8 Å². The average molecular weight is 236 g/mol. The van der Waals surface area contributed by atoms with Gasteiger partial charge in [0.1, 0.15) is 24.8 Å². The SMILES string of the molecule is CO/N=C/c1ccc(-c2ccc(Cl)cc2)o1. The normalized spacial score (nSPS) is 10.9. The van der Waals surface area contributed by atoms with E-state index in [9.17, 15) is 0 Å². The van der Waals surface area contributed by atoms with Gasteiger partial charge in [0.05, 0.1) is 0 Å². The van der Waals surface area contributed by atoms with Crippen molar-refractivity contribution in [2.24, 2.45) is 5.16 Å². The molecule has 16 heavy (non-hydrogen) atoms. The van der Waals surface area contributed by atoms with Crippen LogP contribution >= 0.6 is 11.6 Å². The molecule has 82 valence electrons. The molecule has 0 radical (unpaired) electrons. The lowest BCUT2D eigenvalue weighted by atomic mass is 10.2. The molecule has 4 heteroatoms. The van der Waals surface area contributed by atoms with Crippen molar-refractivity contribution in [3.63, 3.8) is 0 Å². The van der Waals surface area contributed by atoms with Crippen LogP contribution in [0.15, 0.2) is 46.0 Å². The lowest BCUT2D eigenvalue weighted by Crippen LogP contribution is -1.76. The van der Waals surface area contributed by atoms with Crippen molar-refractivity contribution in [2.45, 2.75) is 0 Å². The summed E-state index contributed by atoms with van der Waals surface area (Å²) in [6.07, 6.45) is 1.51. The van der Waals surface area contributed by atoms with Crippen molar-refractivity contribution in [1.82, 2.24) is 0 Å². The Bertz CT molecular complexity index is 488. The molecule has 0 saturated heterocycles. The molecule has 0 aliphatic heterocycles. The topological polar surface area (TPSA) is 34.7 Å². The third-order valence-electron chi connectivity index (χ3n) is 2.04. The van der Waals surface area contributed by atoms with Gasteiger partial charge in [-0.2, -0.15) is 0 Å². The van der Waals surface area contributed by atoms with Gasteiger partial charge in [0.25, 0.3) is 0 Å². The number of hydrogen-bond donors (Lipinski definition) is 0. The molecular formula is C12H10ClNO2. The number of furan rings is 1. The first kappa shape index (κ1) is 10.8. The van der Waals surface area contributed by atoms with Gasteiger partial charge < -0.3 is 9.25 Å². The van der Waals surface area contributed by atoms with Gasteiger partial charge >= 0.3 is 0 Å². The van der Waals surface area contributed by atoms with Crippen LogP contribution in [-0.4, -0.2) is 13.3 Å². The Hall–Kier alpha value is -1.74. The van der Waals surface area contributed by atoms with Crippen LogP contribution < -0.4 is 0 Å². The van der Waals surface area contributed by atoms with Gasteiger partial charge in [0.2, 0.25) is 0 Å². The molecule has 1 heterocycles. The van der Waals surface area contributed by atoms with E-state index in [1.165, 1.54) is 13.3 Å². The largest absolute Gasteiger partial charge is 0.455 e. The van der Waals surface area contributed by atoms with E-state index in [4.69, 9.17) is 16.0 Å². The van der Waals surface area contributed by atoms with E-state index in [0.717, 1.165) is 11.3 Å². The minimum atomic E-state index is 0.645. The number of oxime groups is 1. The summed E-state index contributed by atoms with van der Waals surface area (Å²) in [5.41, 5.74) is 0.974. The van der Waals surface area contributed by atoms with E-state index >= 15 is 0 Å². The summed E-state index contributed by atoms with van der Waals surface area (Å²) in [5.74, 6) is 1.42. The number of nitrogens with zero attached hydrogens (tertiary/aromatic N) is 1. The quantitative estimate of drug-likeness (QED) is 0.602. The fourth-order valence-corrected chi connectivity index (χ4v) is 1.42. The Labute approximate surface area is 98.3 Å². The Balaban J connectivity index is 2.24. The van der Waals surface area contributed by atoms with Crippen molar-refractivity contribution in [1.29, 1.82) is 0 Å². The summed E-state index contributed by atoms with van der Waals surface area (Å²) in [4.78, 5) is 4.57. The molecule has 0 bridgehead atoms. The second kappa shape index (κ2) is 4.86. The van der Waals surface area contributed by atoms with Crippen LogP contribution in [0.25, 0.3) is 11.3 Å². The van der Waals surface area contributed by atoms with Crippen LogP contribution in [0, 0.1) is 0 Å². The zero-order valence-corrected chi connectivity index (χ0v) is 9.44. The molecule has 0 unspecified atom stereocenters. The average Bonchev–Trinajstić information content (AvgIpc) is 2.76. The molecule has 0 saturated carbocycles. The van der Waals surface area contributed by atoms with Gasteiger partial charge in [-0.15, -0.1) is 0 Å². The van der Waals surface area contributed by atoms with Crippen LogP contribution in [0.5, 0.6) is 0 Å². The van der Waals surface area contributed by atoms with Crippen LogP contribution in [0.3, 0.4) is 0 Å². The molecule has 0 N–H and O–H groups in total. The van der Waals surface area contributed by atoms with Crippen molar-refractivity contribution in [3.8, 4) is 11.3 Å². The smallest absolute Gasteiger partial charge is 0.149 e. The summed E-state index contributed by atoms with van der Waals surface area (Å²) < 4.78 is 5.54. The van der Waals surface area contributed by atoms with Gasteiger partial charge in [0.15, 0.2) is 0 Å². The first-order valence-corrected chi connectivity index (χ1v) is 5.09. The number of rotatable bonds is 3. The maximum atomic E-state index is 5.80. The fourth-order valence-electron chi connectivity index (χ4n) is 1.30. The van der Waals surface area contributed by atoms with Crippen LogP contribution in [0.2, 0.25) is 5.02 Å². The number of hydrogen-bond acceptors (Lipinski definition) is 3. The highest BCUT2D eigenvalue weighted by molar-refractivity contribution is 6.30. The van der Waals surface area contributed by atoms with Crippen molar-refractivity contribution in [2.75, 3.05) is 7.11 Å². The van der Waals surface area contributed by atoms with Gasteiger partial charge in [-0.3, -0.25) is 0 Å². The van der Waals surface area contributed by atoms with Crippen molar-refractivity contribution in [3.05, 3.63) is 47.2 Å². The number of halogens is 1. The molecule has 1 aromatic carbocycles. The highest BCUT2D eigenvalue weighted by atomic mass is 35.5. The summed E-state index contributed by atoms with van der Waals surface area (Å²) >= 11 is 5.80. The van der Waals surface area contributed by atoms with E-state index < -0.39 is 0 Å². The van der Waals surface area contributed by atoms with E-state index in [1.54, 1.807) is 0 Å². The molecule has 0 aliphatic rings.